The molecule has 0 spiro atoms. The van der Waals surface area contributed by atoms with Crippen LogP contribution in [0.25, 0.3) is 11.2 Å². The van der Waals surface area contributed by atoms with Crippen LogP contribution in [0.2, 0.25) is 5.02 Å². The highest BCUT2D eigenvalue weighted by atomic mass is 35.5. The molecule has 4 rings (SSSR count). The van der Waals surface area contributed by atoms with Crippen LogP contribution in [0, 0.1) is 5.82 Å². The van der Waals surface area contributed by atoms with E-state index in [1.165, 1.54) is 18.5 Å². The summed E-state index contributed by atoms with van der Waals surface area (Å²) in [6.45, 7) is 2.42. The Bertz CT molecular complexity index is 1090. The lowest BCUT2D eigenvalue weighted by atomic mass is 10.1. The van der Waals surface area contributed by atoms with Crippen LogP contribution in [0.3, 0.4) is 0 Å². The summed E-state index contributed by atoms with van der Waals surface area (Å²) in [6, 6.07) is 4.10. The SMILES string of the molecule is CC(Cn1cnc2c(N)ncnc21)OC[P@@]1(=O)OCC[C@@H](c2cc(F)cc(Cl)c2)O1. The first-order valence-corrected chi connectivity index (χ1v) is 11.3. The van der Waals surface area contributed by atoms with Crippen LogP contribution < -0.4 is 5.73 Å². The Labute approximate surface area is 176 Å². The number of aromatic nitrogens is 4. The van der Waals surface area contributed by atoms with Gasteiger partial charge in [0.15, 0.2) is 11.5 Å². The number of nitrogens with two attached hydrogens (primary N) is 1. The molecule has 160 valence electrons. The van der Waals surface area contributed by atoms with Crippen LogP contribution >= 0.6 is 19.2 Å². The standard InChI is InChI=1S/C18H20ClFN5O4P/c1-11(7-25-9-24-16-17(21)22-8-23-18(16)25)27-10-30(26)28-3-2-15(29-30)12-4-13(19)6-14(20)5-12/h4-6,8-9,11,15H,2-3,7,10H2,1H3,(H2,21,22,23)/t11?,15-,30+/m0/s1. The minimum Gasteiger partial charge on any atom is -0.382 e. The average Bonchev–Trinajstić information content (AvgIpc) is 3.10. The largest absolute Gasteiger partial charge is 0.382 e. The first-order valence-electron chi connectivity index (χ1n) is 9.24. The van der Waals surface area contributed by atoms with Crippen molar-refractivity contribution in [3.63, 3.8) is 0 Å². The first kappa shape index (κ1) is 21.1. The van der Waals surface area contributed by atoms with E-state index in [0.717, 1.165) is 0 Å². The van der Waals surface area contributed by atoms with E-state index in [1.54, 1.807) is 17.0 Å². The van der Waals surface area contributed by atoms with E-state index < -0.39 is 19.5 Å². The monoisotopic (exact) mass is 455 g/mol. The molecule has 2 aromatic heterocycles. The number of ether oxygens (including phenoxy) is 1. The third-order valence-electron chi connectivity index (χ3n) is 4.61. The zero-order valence-electron chi connectivity index (χ0n) is 16.1. The van der Waals surface area contributed by atoms with Crippen molar-refractivity contribution in [1.82, 2.24) is 19.5 Å². The molecular formula is C18H20ClFN5O4P. The third-order valence-corrected chi connectivity index (χ3v) is 6.45. The number of rotatable bonds is 6. The molecule has 30 heavy (non-hydrogen) atoms. The number of nitrogen functional groups attached to an aromatic ring is 1. The van der Waals surface area contributed by atoms with Crippen molar-refractivity contribution in [3.05, 3.63) is 47.3 Å². The number of hydrogen-bond acceptors (Lipinski definition) is 8. The number of anilines is 1. The lowest BCUT2D eigenvalue weighted by Gasteiger charge is -2.30. The summed E-state index contributed by atoms with van der Waals surface area (Å²) in [6.07, 6.45) is 2.21. The Balaban J connectivity index is 1.39. The molecular weight excluding hydrogens is 436 g/mol. The van der Waals surface area contributed by atoms with Crippen LogP contribution in [0.1, 0.15) is 25.0 Å². The highest BCUT2D eigenvalue weighted by molar-refractivity contribution is 7.53. The molecule has 3 atom stereocenters. The van der Waals surface area contributed by atoms with E-state index in [2.05, 4.69) is 15.0 Å². The van der Waals surface area contributed by atoms with Crippen LogP contribution in [0.5, 0.6) is 0 Å². The van der Waals surface area contributed by atoms with Gasteiger partial charge >= 0.3 is 7.60 Å². The summed E-state index contributed by atoms with van der Waals surface area (Å²) < 4.78 is 45.2. The van der Waals surface area contributed by atoms with E-state index in [4.69, 9.17) is 31.1 Å². The van der Waals surface area contributed by atoms with E-state index in [0.29, 0.717) is 35.5 Å². The van der Waals surface area contributed by atoms with Crippen molar-refractivity contribution >= 4 is 36.2 Å². The summed E-state index contributed by atoms with van der Waals surface area (Å²) in [5.41, 5.74) is 7.40. The van der Waals surface area contributed by atoms with Gasteiger partial charge in [-0.05, 0) is 30.7 Å². The number of halogens is 2. The van der Waals surface area contributed by atoms with Crippen molar-refractivity contribution in [3.8, 4) is 0 Å². The highest BCUT2D eigenvalue weighted by Crippen LogP contribution is 2.56. The van der Waals surface area contributed by atoms with E-state index in [1.807, 2.05) is 6.92 Å². The van der Waals surface area contributed by atoms with Crippen LogP contribution in [-0.2, 0) is 24.9 Å². The Hall–Kier alpha value is -2.10. The first-order chi connectivity index (χ1) is 14.3. The molecule has 0 radical (unpaired) electrons. The molecule has 0 aliphatic carbocycles. The second-order valence-electron chi connectivity index (χ2n) is 6.96. The molecule has 3 heterocycles. The second-order valence-corrected chi connectivity index (χ2v) is 9.35. The fraction of sp³-hybridized carbons (Fsp3) is 0.389. The van der Waals surface area contributed by atoms with Gasteiger partial charge in [0.05, 0.1) is 31.7 Å². The molecule has 9 nitrogen and oxygen atoms in total. The minimum atomic E-state index is -3.52. The predicted molar refractivity (Wildman–Crippen MR) is 109 cm³/mol. The predicted octanol–water partition coefficient (Wildman–Crippen LogP) is 3.93. The zero-order chi connectivity index (χ0) is 21.3. The van der Waals surface area contributed by atoms with Crippen molar-refractivity contribution < 1.29 is 22.7 Å². The molecule has 3 aromatic rings. The summed E-state index contributed by atoms with van der Waals surface area (Å²) in [5.74, 6) is -0.187. The summed E-state index contributed by atoms with van der Waals surface area (Å²) >= 11 is 5.92. The van der Waals surface area contributed by atoms with Crippen LogP contribution in [0.15, 0.2) is 30.9 Å². The maximum atomic E-state index is 13.7. The zero-order valence-corrected chi connectivity index (χ0v) is 17.7. The lowest BCUT2D eigenvalue weighted by Crippen LogP contribution is -2.21. The Morgan fingerprint density at radius 3 is 3.03 bits per heavy atom. The van der Waals surface area contributed by atoms with Crippen molar-refractivity contribution in [1.29, 1.82) is 0 Å². The van der Waals surface area contributed by atoms with E-state index in [9.17, 15) is 8.96 Å². The van der Waals surface area contributed by atoms with Gasteiger partial charge in [-0.3, -0.25) is 9.09 Å². The maximum absolute atomic E-state index is 13.7. The van der Waals surface area contributed by atoms with Gasteiger partial charge in [0, 0.05) is 11.4 Å². The van der Waals surface area contributed by atoms with Gasteiger partial charge in [0.1, 0.15) is 24.0 Å². The molecule has 0 amide bonds. The fourth-order valence-corrected chi connectivity index (χ4v) is 5.07. The summed E-state index contributed by atoms with van der Waals surface area (Å²) in [5, 5.41) is 0.247. The van der Waals surface area contributed by atoms with Gasteiger partial charge in [0.25, 0.3) is 0 Å². The molecule has 1 saturated heterocycles. The van der Waals surface area contributed by atoms with Gasteiger partial charge in [-0.15, -0.1) is 0 Å². The van der Waals surface area contributed by atoms with Crippen LogP contribution in [0.4, 0.5) is 10.2 Å². The van der Waals surface area contributed by atoms with Gasteiger partial charge in [-0.1, -0.05) is 11.6 Å². The number of nitrogens with zero attached hydrogens (tertiary/aromatic N) is 4. The number of hydrogen-bond donors (Lipinski definition) is 1. The highest BCUT2D eigenvalue weighted by Gasteiger charge is 2.35. The van der Waals surface area contributed by atoms with Crippen molar-refractivity contribution in [2.24, 2.45) is 0 Å². The molecule has 1 unspecified atom stereocenters. The second kappa shape index (κ2) is 8.56. The number of imidazole rings is 1. The van der Waals surface area contributed by atoms with Gasteiger partial charge < -0.3 is 19.6 Å². The average molecular weight is 456 g/mol. The molecule has 1 aliphatic rings. The number of benzene rings is 1. The molecule has 2 N–H and O–H groups in total. The minimum absolute atomic E-state index is 0.205. The third kappa shape index (κ3) is 4.63. The topological polar surface area (TPSA) is 114 Å². The van der Waals surface area contributed by atoms with E-state index >= 15 is 0 Å². The Morgan fingerprint density at radius 2 is 2.23 bits per heavy atom. The van der Waals surface area contributed by atoms with Crippen molar-refractivity contribution in [2.45, 2.75) is 32.1 Å². The van der Waals surface area contributed by atoms with Gasteiger partial charge in [-0.25, -0.2) is 19.3 Å². The summed E-state index contributed by atoms with van der Waals surface area (Å²) in [7, 11) is -3.52. The maximum Gasteiger partial charge on any atom is 0.356 e. The molecule has 1 fully saturated rings. The lowest BCUT2D eigenvalue weighted by molar-refractivity contribution is 0.0339. The van der Waals surface area contributed by atoms with Crippen molar-refractivity contribution in [2.75, 3.05) is 18.7 Å². The fourth-order valence-electron chi connectivity index (χ4n) is 3.21. The van der Waals surface area contributed by atoms with Crippen LogP contribution in [-0.4, -0.2) is 38.6 Å². The molecule has 1 aliphatic heterocycles. The quantitative estimate of drug-likeness (QED) is 0.556. The normalized spacial score (nSPS) is 23.0. The van der Waals surface area contributed by atoms with Gasteiger partial charge in [-0.2, -0.15) is 0 Å². The molecule has 12 heteroatoms. The van der Waals surface area contributed by atoms with Gasteiger partial charge in [0.2, 0.25) is 0 Å². The Morgan fingerprint density at radius 1 is 1.40 bits per heavy atom. The summed E-state index contributed by atoms with van der Waals surface area (Å²) in [4.78, 5) is 12.3. The smallest absolute Gasteiger partial charge is 0.356 e. The number of fused-ring (bicyclic) bond motifs is 1. The Kier molecular flexibility index (Phi) is 6.04. The van der Waals surface area contributed by atoms with E-state index in [-0.39, 0.29) is 24.1 Å². The molecule has 0 saturated carbocycles. The molecule has 0 bridgehead atoms. The molecule has 1 aromatic carbocycles.